The number of nitrogens with zero attached hydrogens (tertiary/aromatic N) is 4. The maximum absolute atomic E-state index is 10.0. The summed E-state index contributed by atoms with van der Waals surface area (Å²) in [6.07, 6.45) is 7.71. The minimum atomic E-state index is -0.716. The second kappa shape index (κ2) is 9.12. The standard InChI is InChI=1S/C19H19N4O.Ni/c1-5-7-8-15(6-2)18-10-9-17(14(4)24)19(21-18)23-13(3)11-16(12-20)22-23;/h5-7,9-11,14,24H,2H2,1,3-4H3;/q-1;/b7-5-;. The van der Waals surface area contributed by atoms with Crippen molar-refractivity contribution in [2.75, 3.05) is 0 Å². The maximum Gasteiger partial charge on any atom is 0.163 e. The van der Waals surface area contributed by atoms with Crippen LogP contribution in [-0.2, 0) is 16.5 Å². The molecule has 5 nitrogen and oxygen atoms in total. The van der Waals surface area contributed by atoms with Crippen LogP contribution in [0.4, 0.5) is 0 Å². The minimum absolute atomic E-state index is 0. The van der Waals surface area contributed by atoms with Crippen molar-refractivity contribution < 1.29 is 21.6 Å². The second-order valence-corrected chi connectivity index (χ2v) is 5.24. The van der Waals surface area contributed by atoms with Crippen LogP contribution < -0.4 is 0 Å². The van der Waals surface area contributed by atoms with E-state index in [4.69, 9.17) is 5.26 Å². The van der Waals surface area contributed by atoms with E-state index in [2.05, 4.69) is 22.7 Å². The Labute approximate surface area is 157 Å². The van der Waals surface area contributed by atoms with Gasteiger partial charge in [0.1, 0.15) is 6.07 Å². The van der Waals surface area contributed by atoms with E-state index in [9.17, 15) is 5.11 Å². The fourth-order valence-electron chi connectivity index (χ4n) is 2.26. The Balaban J connectivity index is 0.00000312. The molecular weight excluding hydrogens is 359 g/mol. The van der Waals surface area contributed by atoms with Crippen molar-refractivity contribution in [1.29, 1.82) is 5.26 Å². The topological polar surface area (TPSA) is 74.7 Å². The molecule has 0 saturated heterocycles. The molecule has 2 aromatic rings. The van der Waals surface area contributed by atoms with Crippen molar-refractivity contribution >= 4 is 5.57 Å². The van der Waals surface area contributed by atoms with Gasteiger partial charge in [0.05, 0.1) is 6.10 Å². The van der Waals surface area contributed by atoms with Crippen molar-refractivity contribution in [2.45, 2.75) is 26.9 Å². The van der Waals surface area contributed by atoms with Crippen LogP contribution in [0.1, 0.15) is 42.6 Å². The van der Waals surface area contributed by atoms with Crippen molar-refractivity contribution in [3.8, 4) is 11.9 Å². The fraction of sp³-hybridized carbons (Fsp3) is 0.211. The Morgan fingerprint density at radius 2 is 2.20 bits per heavy atom. The van der Waals surface area contributed by atoms with Crippen molar-refractivity contribution in [1.82, 2.24) is 14.8 Å². The zero-order valence-electron chi connectivity index (χ0n) is 14.3. The van der Waals surface area contributed by atoms with Crippen LogP contribution in [0.2, 0.25) is 0 Å². The quantitative estimate of drug-likeness (QED) is 0.492. The van der Waals surface area contributed by atoms with Crippen molar-refractivity contribution in [3.63, 3.8) is 0 Å². The smallest absolute Gasteiger partial charge is 0.163 e. The summed E-state index contributed by atoms with van der Waals surface area (Å²) in [5.74, 6) is 0.489. The van der Waals surface area contributed by atoms with Gasteiger partial charge in [0.25, 0.3) is 0 Å². The van der Waals surface area contributed by atoms with E-state index in [1.807, 2.05) is 32.1 Å². The van der Waals surface area contributed by atoms with Gasteiger partial charge in [-0.1, -0.05) is 19.1 Å². The normalized spacial score (nSPS) is 12.5. The number of hydrogen-bond donors (Lipinski definition) is 1. The van der Waals surface area contributed by atoms with Gasteiger partial charge < -0.3 is 5.11 Å². The molecule has 1 N–H and O–H groups in total. The van der Waals surface area contributed by atoms with E-state index in [0.29, 0.717) is 22.8 Å². The van der Waals surface area contributed by atoms with E-state index in [1.54, 1.807) is 35.9 Å². The number of rotatable bonds is 5. The van der Waals surface area contributed by atoms with Gasteiger partial charge in [0.15, 0.2) is 11.5 Å². The first kappa shape index (κ1) is 20.6. The third-order valence-electron chi connectivity index (χ3n) is 3.44. The molecular formula is C19H19N4NiO-. The molecule has 0 aromatic carbocycles. The molecule has 0 aliphatic heterocycles. The predicted molar refractivity (Wildman–Crippen MR) is 93.1 cm³/mol. The summed E-state index contributed by atoms with van der Waals surface area (Å²) in [5.41, 5.74) is 3.09. The number of aliphatic hydroxyl groups excluding tert-OH is 1. The van der Waals surface area contributed by atoms with Crippen molar-refractivity contribution in [3.05, 3.63) is 71.7 Å². The van der Waals surface area contributed by atoms with Crippen LogP contribution in [0.3, 0.4) is 0 Å². The predicted octanol–water partition coefficient (Wildman–Crippen LogP) is 3.45. The number of allylic oxidation sites excluding steroid dienone is 5. The molecule has 0 fully saturated rings. The van der Waals surface area contributed by atoms with Gasteiger partial charge in [-0.2, -0.15) is 22.5 Å². The Morgan fingerprint density at radius 1 is 1.48 bits per heavy atom. The third kappa shape index (κ3) is 4.54. The molecule has 0 saturated carbocycles. The first-order valence-electron chi connectivity index (χ1n) is 7.55. The fourth-order valence-corrected chi connectivity index (χ4v) is 2.26. The zero-order valence-corrected chi connectivity index (χ0v) is 15.3. The maximum atomic E-state index is 10.0. The zero-order chi connectivity index (χ0) is 17.7. The van der Waals surface area contributed by atoms with Crippen molar-refractivity contribution in [2.24, 2.45) is 0 Å². The summed E-state index contributed by atoms with van der Waals surface area (Å²) in [6.45, 7) is 9.20. The van der Waals surface area contributed by atoms with Gasteiger partial charge in [0, 0.05) is 27.7 Å². The summed E-state index contributed by atoms with van der Waals surface area (Å²) >= 11 is 0. The van der Waals surface area contributed by atoms with E-state index >= 15 is 0 Å². The number of aliphatic hydroxyl groups is 1. The van der Waals surface area contributed by atoms with Crippen LogP contribution >= 0.6 is 0 Å². The summed E-state index contributed by atoms with van der Waals surface area (Å²) in [6, 6.07) is 7.31. The van der Waals surface area contributed by atoms with E-state index in [0.717, 1.165) is 11.3 Å². The molecule has 6 heteroatoms. The first-order chi connectivity index (χ1) is 11.5. The summed E-state index contributed by atoms with van der Waals surface area (Å²) in [4.78, 5) is 4.62. The van der Waals surface area contributed by atoms with Crippen LogP contribution in [-0.4, -0.2) is 19.9 Å². The molecule has 25 heavy (non-hydrogen) atoms. The third-order valence-corrected chi connectivity index (χ3v) is 3.44. The SMILES string of the molecule is C=CC(=[C-]/C=C\C)c1ccc(C(C)O)c(-n2nc(C#N)cc2C)n1.[Ni]. The summed E-state index contributed by atoms with van der Waals surface area (Å²) in [5, 5.41) is 23.3. The van der Waals surface area contributed by atoms with Crippen LogP contribution in [0, 0.1) is 24.3 Å². The van der Waals surface area contributed by atoms with Gasteiger partial charge in [-0.25, -0.2) is 4.68 Å². The number of nitriles is 1. The van der Waals surface area contributed by atoms with Crippen LogP contribution in [0.5, 0.6) is 0 Å². The Bertz CT molecular complexity index is 857. The number of pyridine rings is 1. The molecule has 0 amide bonds. The number of aryl methyl sites for hydroxylation is 1. The molecule has 0 bridgehead atoms. The first-order valence-corrected chi connectivity index (χ1v) is 7.55. The average Bonchev–Trinajstić information content (AvgIpc) is 2.96. The van der Waals surface area contributed by atoms with Gasteiger partial charge in [-0.05, 0) is 25.6 Å². The number of aromatic nitrogens is 3. The van der Waals surface area contributed by atoms with Gasteiger partial charge in [-0.15, -0.1) is 24.3 Å². The van der Waals surface area contributed by atoms with Gasteiger partial charge in [0.2, 0.25) is 0 Å². The summed E-state index contributed by atoms with van der Waals surface area (Å²) in [7, 11) is 0. The molecule has 1 atom stereocenters. The Hall–Kier alpha value is -2.48. The Kier molecular flexibility index (Phi) is 7.51. The monoisotopic (exact) mass is 377 g/mol. The number of hydrogen-bond acceptors (Lipinski definition) is 4. The Morgan fingerprint density at radius 3 is 2.72 bits per heavy atom. The molecule has 2 rings (SSSR count). The van der Waals surface area contributed by atoms with Gasteiger partial charge in [-0.3, -0.25) is 4.98 Å². The summed E-state index contributed by atoms with van der Waals surface area (Å²) < 4.78 is 1.57. The van der Waals surface area contributed by atoms with E-state index in [1.165, 1.54) is 0 Å². The van der Waals surface area contributed by atoms with E-state index in [-0.39, 0.29) is 16.5 Å². The molecule has 1 unspecified atom stereocenters. The molecule has 0 aliphatic rings. The molecule has 0 aliphatic carbocycles. The minimum Gasteiger partial charge on any atom is -0.389 e. The second-order valence-electron chi connectivity index (χ2n) is 5.24. The molecule has 0 radical (unpaired) electrons. The van der Waals surface area contributed by atoms with Crippen LogP contribution in [0.15, 0.2) is 43.0 Å². The molecule has 2 heterocycles. The van der Waals surface area contributed by atoms with Gasteiger partial charge >= 0.3 is 0 Å². The van der Waals surface area contributed by atoms with Crippen LogP contribution in [0.25, 0.3) is 11.4 Å². The molecule has 0 spiro atoms. The van der Waals surface area contributed by atoms with E-state index < -0.39 is 6.10 Å². The molecule has 2 aromatic heterocycles. The average molecular weight is 378 g/mol. The largest absolute Gasteiger partial charge is 0.389 e. The molecule has 132 valence electrons.